The fraction of sp³-hybridized carbons (Fsp3) is 1.00. The largest absolute Gasteiger partial charge is 0.385 e. The summed E-state index contributed by atoms with van der Waals surface area (Å²) in [6.45, 7) is 2.59. The van der Waals surface area contributed by atoms with Crippen molar-refractivity contribution in [3.8, 4) is 0 Å². The van der Waals surface area contributed by atoms with Crippen LogP contribution in [0.3, 0.4) is 0 Å². The van der Waals surface area contributed by atoms with Crippen LogP contribution in [-0.4, -0.2) is 33.2 Å². The lowest BCUT2D eigenvalue weighted by Crippen LogP contribution is -2.55. The molecule has 3 N–H and O–H groups in total. The molecular weight excluding hydrogens is 130 g/mol. The molecule has 0 aliphatic carbocycles. The Hall–Kier alpha value is -0.160. The quantitative estimate of drug-likeness (QED) is 0.479. The van der Waals surface area contributed by atoms with E-state index in [1.807, 2.05) is 0 Å². The van der Waals surface area contributed by atoms with Crippen LogP contribution in [0.2, 0.25) is 0 Å². The fourth-order valence-electron chi connectivity index (χ4n) is 0.965. The monoisotopic (exact) mass is 145 g/mol. The summed E-state index contributed by atoms with van der Waals surface area (Å²) >= 11 is 0. The van der Waals surface area contributed by atoms with E-state index in [1.54, 1.807) is 7.11 Å². The third kappa shape index (κ3) is 2.62. The van der Waals surface area contributed by atoms with E-state index in [2.05, 4.69) is 16.0 Å². The lowest BCUT2D eigenvalue weighted by molar-refractivity contribution is 0.169. The van der Waals surface area contributed by atoms with Gasteiger partial charge in [-0.1, -0.05) is 0 Å². The SMILES string of the molecule is COCCC1NCNCN1. The van der Waals surface area contributed by atoms with Crippen LogP contribution in [0, 0.1) is 0 Å². The standard InChI is InChI=1S/C6H15N3O/c1-10-3-2-6-8-4-7-5-9-6/h6-9H,2-5H2,1H3. The lowest BCUT2D eigenvalue weighted by Gasteiger charge is -2.25. The molecule has 1 heterocycles. The maximum absolute atomic E-state index is 4.94. The van der Waals surface area contributed by atoms with Gasteiger partial charge in [-0.05, 0) is 6.42 Å². The molecule has 4 nitrogen and oxygen atoms in total. The summed E-state index contributed by atoms with van der Waals surface area (Å²) in [6.07, 6.45) is 1.44. The number of rotatable bonds is 3. The zero-order chi connectivity index (χ0) is 7.23. The minimum Gasteiger partial charge on any atom is -0.385 e. The van der Waals surface area contributed by atoms with Crippen LogP contribution in [0.25, 0.3) is 0 Å². The highest BCUT2D eigenvalue weighted by Gasteiger charge is 2.08. The first-order valence-electron chi connectivity index (χ1n) is 3.60. The Labute approximate surface area is 61.3 Å². The Morgan fingerprint density at radius 2 is 2.10 bits per heavy atom. The van der Waals surface area contributed by atoms with E-state index >= 15 is 0 Å². The highest BCUT2D eigenvalue weighted by atomic mass is 16.5. The van der Waals surface area contributed by atoms with Crippen LogP contribution in [0.1, 0.15) is 6.42 Å². The third-order valence-electron chi connectivity index (χ3n) is 1.56. The number of ether oxygens (including phenoxy) is 1. The first-order chi connectivity index (χ1) is 4.93. The molecule has 0 radical (unpaired) electrons. The smallest absolute Gasteiger partial charge is 0.0613 e. The maximum atomic E-state index is 4.94. The summed E-state index contributed by atoms with van der Waals surface area (Å²) in [4.78, 5) is 0. The Kier molecular flexibility index (Phi) is 3.67. The highest BCUT2D eigenvalue weighted by Crippen LogP contribution is 1.88. The van der Waals surface area contributed by atoms with Gasteiger partial charge in [0.1, 0.15) is 0 Å². The molecule has 0 bridgehead atoms. The molecular formula is C6H15N3O. The van der Waals surface area contributed by atoms with Gasteiger partial charge in [-0.15, -0.1) is 0 Å². The minimum absolute atomic E-state index is 0.418. The van der Waals surface area contributed by atoms with Crippen molar-refractivity contribution in [3.05, 3.63) is 0 Å². The molecule has 10 heavy (non-hydrogen) atoms. The van der Waals surface area contributed by atoms with Crippen molar-refractivity contribution < 1.29 is 4.74 Å². The Morgan fingerprint density at radius 1 is 1.40 bits per heavy atom. The Balaban J connectivity index is 2.02. The van der Waals surface area contributed by atoms with Gasteiger partial charge in [0, 0.05) is 27.1 Å². The lowest BCUT2D eigenvalue weighted by atomic mass is 10.3. The van der Waals surface area contributed by atoms with E-state index in [0.717, 1.165) is 26.4 Å². The van der Waals surface area contributed by atoms with Gasteiger partial charge in [-0.3, -0.25) is 16.0 Å². The third-order valence-corrected chi connectivity index (χ3v) is 1.56. The zero-order valence-corrected chi connectivity index (χ0v) is 6.31. The molecule has 0 unspecified atom stereocenters. The zero-order valence-electron chi connectivity index (χ0n) is 6.31. The summed E-state index contributed by atoms with van der Waals surface area (Å²) in [5.41, 5.74) is 0. The summed E-state index contributed by atoms with van der Waals surface area (Å²) in [6, 6.07) is 0. The molecule has 1 aliphatic heterocycles. The topological polar surface area (TPSA) is 45.3 Å². The van der Waals surface area contributed by atoms with Crippen molar-refractivity contribution in [2.75, 3.05) is 27.1 Å². The molecule has 0 aromatic rings. The molecule has 60 valence electrons. The molecule has 1 fully saturated rings. The summed E-state index contributed by atoms with van der Waals surface area (Å²) in [7, 11) is 1.72. The van der Waals surface area contributed by atoms with Crippen LogP contribution < -0.4 is 16.0 Å². The number of methoxy groups -OCH3 is 1. The van der Waals surface area contributed by atoms with E-state index in [9.17, 15) is 0 Å². The molecule has 0 amide bonds. The van der Waals surface area contributed by atoms with Gasteiger partial charge in [0.05, 0.1) is 6.17 Å². The van der Waals surface area contributed by atoms with Crippen molar-refractivity contribution in [1.82, 2.24) is 16.0 Å². The number of nitrogens with one attached hydrogen (secondary N) is 3. The van der Waals surface area contributed by atoms with Crippen LogP contribution in [0.15, 0.2) is 0 Å². The second kappa shape index (κ2) is 4.62. The van der Waals surface area contributed by atoms with E-state index in [-0.39, 0.29) is 0 Å². The van der Waals surface area contributed by atoms with Gasteiger partial charge < -0.3 is 4.74 Å². The van der Waals surface area contributed by atoms with Crippen LogP contribution >= 0.6 is 0 Å². The summed E-state index contributed by atoms with van der Waals surface area (Å²) in [5.74, 6) is 0. The molecule has 1 rings (SSSR count). The second-order valence-corrected chi connectivity index (χ2v) is 2.35. The average molecular weight is 145 g/mol. The first kappa shape index (κ1) is 7.94. The van der Waals surface area contributed by atoms with Gasteiger partial charge in [-0.25, -0.2) is 0 Å². The van der Waals surface area contributed by atoms with Gasteiger partial charge in [0.15, 0.2) is 0 Å². The van der Waals surface area contributed by atoms with Crippen molar-refractivity contribution in [1.29, 1.82) is 0 Å². The molecule has 0 saturated carbocycles. The molecule has 4 heteroatoms. The average Bonchev–Trinajstić information content (AvgIpc) is 2.03. The normalized spacial score (nSPS) is 21.3. The molecule has 1 aliphatic rings. The number of hydrogen-bond acceptors (Lipinski definition) is 4. The number of hydrogen-bond donors (Lipinski definition) is 3. The van der Waals surface area contributed by atoms with Gasteiger partial charge in [0.2, 0.25) is 0 Å². The van der Waals surface area contributed by atoms with Crippen molar-refractivity contribution in [3.63, 3.8) is 0 Å². The summed E-state index contributed by atoms with van der Waals surface area (Å²) in [5, 5.41) is 9.63. The van der Waals surface area contributed by atoms with E-state index in [0.29, 0.717) is 6.17 Å². The predicted molar refractivity (Wildman–Crippen MR) is 39.4 cm³/mol. The van der Waals surface area contributed by atoms with Crippen LogP contribution in [-0.2, 0) is 4.74 Å². The predicted octanol–water partition coefficient (Wildman–Crippen LogP) is -0.954. The van der Waals surface area contributed by atoms with Crippen LogP contribution in [0.4, 0.5) is 0 Å². The van der Waals surface area contributed by atoms with Crippen molar-refractivity contribution in [2.24, 2.45) is 0 Å². The van der Waals surface area contributed by atoms with Crippen LogP contribution in [0.5, 0.6) is 0 Å². The Morgan fingerprint density at radius 3 is 2.70 bits per heavy atom. The maximum Gasteiger partial charge on any atom is 0.0613 e. The molecule has 0 spiro atoms. The molecule has 0 aromatic heterocycles. The molecule has 1 saturated heterocycles. The van der Waals surface area contributed by atoms with Crippen molar-refractivity contribution in [2.45, 2.75) is 12.6 Å². The van der Waals surface area contributed by atoms with Crippen molar-refractivity contribution >= 4 is 0 Å². The van der Waals surface area contributed by atoms with E-state index in [1.165, 1.54) is 0 Å². The van der Waals surface area contributed by atoms with Gasteiger partial charge in [-0.2, -0.15) is 0 Å². The molecule has 0 atom stereocenters. The fourth-order valence-corrected chi connectivity index (χ4v) is 0.965. The van der Waals surface area contributed by atoms with Gasteiger partial charge >= 0.3 is 0 Å². The van der Waals surface area contributed by atoms with Gasteiger partial charge in [0.25, 0.3) is 0 Å². The Bertz CT molecular complexity index is 83.1. The second-order valence-electron chi connectivity index (χ2n) is 2.35. The first-order valence-corrected chi connectivity index (χ1v) is 3.60. The summed E-state index contributed by atoms with van der Waals surface area (Å²) < 4.78 is 4.94. The molecule has 0 aromatic carbocycles. The highest BCUT2D eigenvalue weighted by molar-refractivity contribution is 4.66. The van der Waals surface area contributed by atoms with E-state index in [4.69, 9.17) is 4.74 Å². The minimum atomic E-state index is 0.418. The van der Waals surface area contributed by atoms with E-state index < -0.39 is 0 Å².